The molecule has 1 aliphatic rings. The number of ether oxygens (including phenoxy) is 2. The van der Waals surface area contributed by atoms with E-state index < -0.39 is 0 Å². The number of aryl methyl sites for hydroxylation is 1. The molecule has 4 aromatic rings. The number of piperazine rings is 1. The molecule has 0 spiro atoms. The third-order valence-electron chi connectivity index (χ3n) is 7.37. The van der Waals surface area contributed by atoms with Gasteiger partial charge in [-0.2, -0.15) is 0 Å². The summed E-state index contributed by atoms with van der Waals surface area (Å²) >= 11 is 0. The third kappa shape index (κ3) is 5.52. The molecule has 5 rings (SSSR count). The molecule has 0 N–H and O–H groups in total. The summed E-state index contributed by atoms with van der Waals surface area (Å²) in [5, 5.41) is 0. The van der Waals surface area contributed by atoms with Gasteiger partial charge in [-0.1, -0.05) is 54.6 Å². The largest absolute Gasteiger partial charge is 0.496 e. The van der Waals surface area contributed by atoms with Crippen LogP contribution in [0.1, 0.15) is 27.0 Å². The molecular weight excluding hydrogens is 472 g/mol. The number of benzene rings is 4. The number of methoxy groups -OCH3 is 1. The molecule has 0 radical (unpaired) electrons. The number of nitrogens with zero attached hydrogens (tertiary/aromatic N) is 2. The Labute approximate surface area is 225 Å². The fraction of sp³-hybridized carbons (Fsp3) is 0.242. The van der Waals surface area contributed by atoms with Gasteiger partial charge in [0.25, 0.3) is 5.91 Å². The number of rotatable bonds is 7. The minimum atomic E-state index is 0.0433. The molecule has 0 aliphatic carbocycles. The van der Waals surface area contributed by atoms with Crippen LogP contribution in [-0.2, 0) is 6.61 Å². The Morgan fingerprint density at radius 3 is 2.21 bits per heavy atom. The molecule has 0 unspecified atom stereocenters. The van der Waals surface area contributed by atoms with Gasteiger partial charge in [-0.15, -0.1) is 0 Å². The average Bonchev–Trinajstić information content (AvgIpc) is 2.98. The summed E-state index contributed by atoms with van der Waals surface area (Å²) in [6.45, 7) is 7.65. The minimum absolute atomic E-state index is 0.0433. The average molecular weight is 507 g/mol. The summed E-state index contributed by atoms with van der Waals surface area (Å²) in [7, 11) is 1.64. The van der Waals surface area contributed by atoms with Crippen molar-refractivity contribution in [1.82, 2.24) is 4.90 Å². The molecule has 4 aromatic carbocycles. The lowest BCUT2D eigenvalue weighted by molar-refractivity contribution is 0.0746. The summed E-state index contributed by atoms with van der Waals surface area (Å²) < 4.78 is 11.6. The van der Waals surface area contributed by atoms with Crippen LogP contribution in [0.5, 0.6) is 11.5 Å². The zero-order valence-corrected chi connectivity index (χ0v) is 22.3. The maximum absolute atomic E-state index is 13.4. The van der Waals surface area contributed by atoms with E-state index in [4.69, 9.17) is 9.47 Å². The van der Waals surface area contributed by atoms with Crippen molar-refractivity contribution < 1.29 is 14.3 Å². The molecule has 1 amide bonds. The highest BCUT2D eigenvalue weighted by molar-refractivity contribution is 5.94. The molecule has 5 heteroatoms. The summed E-state index contributed by atoms with van der Waals surface area (Å²) in [6, 6.07) is 30.3. The monoisotopic (exact) mass is 506 g/mol. The van der Waals surface area contributed by atoms with Gasteiger partial charge >= 0.3 is 0 Å². The summed E-state index contributed by atoms with van der Waals surface area (Å²) in [6.07, 6.45) is 0. The lowest BCUT2D eigenvalue weighted by Gasteiger charge is -2.37. The highest BCUT2D eigenvalue weighted by Crippen LogP contribution is 2.27. The van der Waals surface area contributed by atoms with Crippen LogP contribution in [0.15, 0.2) is 91.0 Å². The number of hydrogen-bond acceptors (Lipinski definition) is 4. The molecule has 5 nitrogen and oxygen atoms in total. The van der Waals surface area contributed by atoms with Crippen molar-refractivity contribution in [3.05, 3.63) is 113 Å². The minimum Gasteiger partial charge on any atom is -0.496 e. The Morgan fingerprint density at radius 1 is 0.789 bits per heavy atom. The quantitative estimate of drug-likeness (QED) is 0.286. The van der Waals surface area contributed by atoms with Crippen LogP contribution in [0.25, 0.3) is 11.1 Å². The van der Waals surface area contributed by atoms with Crippen molar-refractivity contribution in [3.8, 4) is 22.6 Å². The van der Waals surface area contributed by atoms with Gasteiger partial charge in [0, 0.05) is 43.0 Å². The number of carbonyl (C=O) groups is 1. The molecule has 1 saturated heterocycles. The van der Waals surface area contributed by atoms with E-state index in [-0.39, 0.29) is 5.91 Å². The Kier molecular flexibility index (Phi) is 7.64. The van der Waals surface area contributed by atoms with E-state index in [9.17, 15) is 4.79 Å². The molecule has 0 aromatic heterocycles. The van der Waals surface area contributed by atoms with E-state index in [0.29, 0.717) is 31.0 Å². The fourth-order valence-electron chi connectivity index (χ4n) is 4.97. The van der Waals surface area contributed by atoms with E-state index in [1.807, 2.05) is 53.4 Å². The molecule has 1 aliphatic heterocycles. The van der Waals surface area contributed by atoms with Crippen LogP contribution in [0.4, 0.5) is 5.69 Å². The second-order valence-corrected chi connectivity index (χ2v) is 9.70. The fourth-order valence-corrected chi connectivity index (χ4v) is 4.97. The van der Waals surface area contributed by atoms with Crippen molar-refractivity contribution >= 4 is 11.6 Å². The van der Waals surface area contributed by atoms with Crippen molar-refractivity contribution in [2.75, 3.05) is 38.2 Å². The molecule has 1 fully saturated rings. The second kappa shape index (κ2) is 11.4. The first-order valence-corrected chi connectivity index (χ1v) is 13.1. The smallest absolute Gasteiger partial charge is 0.253 e. The molecule has 0 saturated carbocycles. The lowest BCUT2D eigenvalue weighted by Crippen LogP contribution is -2.49. The molecule has 194 valence electrons. The number of hydrogen-bond donors (Lipinski definition) is 0. The van der Waals surface area contributed by atoms with Crippen LogP contribution in [0.2, 0.25) is 0 Å². The summed E-state index contributed by atoms with van der Waals surface area (Å²) in [5.41, 5.74) is 7.67. The predicted octanol–water partition coefficient (Wildman–Crippen LogP) is 6.52. The molecule has 0 atom stereocenters. The van der Waals surface area contributed by atoms with Crippen molar-refractivity contribution in [2.45, 2.75) is 20.5 Å². The Bertz CT molecular complexity index is 1390. The molecule has 1 heterocycles. The van der Waals surface area contributed by atoms with Gasteiger partial charge in [-0.25, -0.2) is 0 Å². The third-order valence-corrected chi connectivity index (χ3v) is 7.37. The molecule has 0 bridgehead atoms. The SMILES string of the molecule is COc1ccc(C(=O)N2CCN(c3cccc(C)c3C)CC2)cc1COc1ccc(-c2ccccc2)cc1. The number of amides is 1. The molecule has 38 heavy (non-hydrogen) atoms. The number of anilines is 1. The van der Waals surface area contributed by atoms with Crippen LogP contribution in [0.3, 0.4) is 0 Å². The Hall–Kier alpha value is -4.25. The Balaban J connectivity index is 1.23. The van der Waals surface area contributed by atoms with E-state index in [1.54, 1.807) is 7.11 Å². The maximum atomic E-state index is 13.4. The van der Waals surface area contributed by atoms with Crippen molar-refractivity contribution in [1.29, 1.82) is 0 Å². The van der Waals surface area contributed by atoms with Gasteiger partial charge < -0.3 is 19.3 Å². The van der Waals surface area contributed by atoms with Crippen LogP contribution in [-0.4, -0.2) is 44.1 Å². The summed E-state index contributed by atoms with van der Waals surface area (Å²) in [5.74, 6) is 1.52. The van der Waals surface area contributed by atoms with E-state index in [2.05, 4.69) is 61.2 Å². The van der Waals surface area contributed by atoms with Gasteiger partial charge in [0.1, 0.15) is 18.1 Å². The highest BCUT2D eigenvalue weighted by Gasteiger charge is 2.24. The zero-order chi connectivity index (χ0) is 26.5. The van der Waals surface area contributed by atoms with Crippen molar-refractivity contribution in [2.24, 2.45) is 0 Å². The van der Waals surface area contributed by atoms with Gasteiger partial charge in [-0.3, -0.25) is 4.79 Å². The summed E-state index contributed by atoms with van der Waals surface area (Å²) in [4.78, 5) is 17.7. The van der Waals surface area contributed by atoms with E-state index in [1.165, 1.54) is 22.4 Å². The van der Waals surface area contributed by atoms with E-state index in [0.717, 1.165) is 30.0 Å². The predicted molar refractivity (Wildman–Crippen MR) is 153 cm³/mol. The normalized spacial score (nSPS) is 13.3. The first-order valence-electron chi connectivity index (χ1n) is 13.1. The van der Waals surface area contributed by atoms with Gasteiger partial charge in [0.15, 0.2) is 0 Å². The standard InChI is InChI=1S/C33H34N2O3/c1-24-8-7-11-31(25(24)2)34-18-20-35(21-19-34)33(36)28-14-17-32(37-3)29(22-28)23-38-30-15-12-27(13-16-30)26-9-5-4-6-10-26/h4-17,22H,18-21,23H2,1-3H3. The lowest BCUT2D eigenvalue weighted by atomic mass is 10.1. The molecular formula is C33H34N2O3. The maximum Gasteiger partial charge on any atom is 0.253 e. The van der Waals surface area contributed by atoms with Crippen molar-refractivity contribution in [3.63, 3.8) is 0 Å². The second-order valence-electron chi connectivity index (χ2n) is 9.70. The van der Waals surface area contributed by atoms with Crippen LogP contribution >= 0.6 is 0 Å². The first-order chi connectivity index (χ1) is 18.5. The van der Waals surface area contributed by atoms with Gasteiger partial charge in [-0.05, 0) is 72.5 Å². The van der Waals surface area contributed by atoms with Crippen LogP contribution in [0, 0.1) is 13.8 Å². The van der Waals surface area contributed by atoms with Crippen LogP contribution < -0.4 is 14.4 Å². The number of carbonyl (C=O) groups excluding carboxylic acids is 1. The van der Waals surface area contributed by atoms with Gasteiger partial charge in [0.2, 0.25) is 0 Å². The topological polar surface area (TPSA) is 42.0 Å². The zero-order valence-electron chi connectivity index (χ0n) is 22.3. The van der Waals surface area contributed by atoms with Gasteiger partial charge in [0.05, 0.1) is 7.11 Å². The Morgan fingerprint density at radius 2 is 1.50 bits per heavy atom. The first kappa shape index (κ1) is 25.4. The highest BCUT2D eigenvalue weighted by atomic mass is 16.5. The van der Waals surface area contributed by atoms with E-state index >= 15 is 0 Å².